The third kappa shape index (κ3) is 1.69. The first-order valence-corrected chi connectivity index (χ1v) is 4.54. The molecule has 0 radical (unpaired) electrons. The van der Waals surface area contributed by atoms with Gasteiger partial charge in [0.05, 0.1) is 6.42 Å². The fraction of sp³-hybridized carbons (Fsp3) is 0.727. The Morgan fingerprint density at radius 2 is 2.33 bits per heavy atom. The van der Waals surface area contributed by atoms with Crippen LogP contribution in [0.15, 0.2) is 0 Å². The van der Waals surface area contributed by atoms with Crippen LogP contribution >= 0.6 is 0 Å². The Morgan fingerprint density at radius 1 is 1.67 bits per heavy atom. The Balaban J connectivity index is 2.64. The second-order valence-electron chi connectivity index (χ2n) is 4.28. The Bertz CT molecular complexity index is 220. The monoisotopic (exact) mass is 164 g/mol. The molecule has 0 amide bonds. The van der Waals surface area contributed by atoms with E-state index in [4.69, 9.17) is 6.42 Å². The number of hydrogen-bond acceptors (Lipinski definition) is 1. The molecule has 0 aromatic heterocycles. The van der Waals surface area contributed by atoms with E-state index in [1.165, 1.54) is 6.42 Å². The Kier molecular flexibility index (Phi) is 2.57. The molecule has 0 bridgehead atoms. The van der Waals surface area contributed by atoms with Crippen molar-refractivity contribution < 1.29 is 4.79 Å². The van der Waals surface area contributed by atoms with E-state index in [9.17, 15) is 4.79 Å². The summed E-state index contributed by atoms with van der Waals surface area (Å²) in [4.78, 5) is 11.5. The highest BCUT2D eigenvalue weighted by molar-refractivity contribution is 5.84. The summed E-state index contributed by atoms with van der Waals surface area (Å²) in [6.07, 6.45) is 8.80. The van der Waals surface area contributed by atoms with Crippen molar-refractivity contribution in [3.8, 4) is 12.3 Å². The predicted molar refractivity (Wildman–Crippen MR) is 49.6 cm³/mol. The van der Waals surface area contributed by atoms with Gasteiger partial charge >= 0.3 is 0 Å². The van der Waals surface area contributed by atoms with Gasteiger partial charge in [-0.05, 0) is 18.3 Å². The second-order valence-corrected chi connectivity index (χ2v) is 4.28. The number of carbonyl (C=O) groups excluding carboxylic acids is 1. The van der Waals surface area contributed by atoms with Gasteiger partial charge < -0.3 is 0 Å². The fourth-order valence-corrected chi connectivity index (χ4v) is 2.15. The first-order chi connectivity index (χ1) is 5.58. The Labute approximate surface area is 74.5 Å². The minimum absolute atomic E-state index is 0.188. The molecule has 1 saturated carbocycles. The van der Waals surface area contributed by atoms with Crippen LogP contribution in [0.2, 0.25) is 0 Å². The van der Waals surface area contributed by atoms with Gasteiger partial charge in [0, 0.05) is 5.92 Å². The lowest BCUT2D eigenvalue weighted by atomic mass is 9.79. The third-order valence-electron chi connectivity index (χ3n) is 2.92. The molecule has 1 heteroatoms. The summed E-state index contributed by atoms with van der Waals surface area (Å²) in [6.45, 7) is 4.33. The minimum atomic E-state index is 0.188. The van der Waals surface area contributed by atoms with Gasteiger partial charge in [-0.1, -0.05) is 26.2 Å². The predicted octanol–water partition coefficient (Wildman–Crippen LogP) is 2.41. The quantitative estimate of drug-likeness (QED) is 0.573. The molecule has 0 aliphatic heterocycles. The van der Waals surface area contributed by atoms with Crippen molar-refractivity contribution >= 4 is 5.78 Å². The van der Waals surface area contributed by atoms with Crippen LogP contribution < -0.4 is 0 Å². The topological polar surface area (TPSA) is 17.1 Å². The van der Waals surface area contributed by atoms with E-state index in [0.29, 0.717) is 6.42 Å². The van der Waals surface area contributed by atoms with E-state index in [0.717, 1.165) is 12.8 Å². The highest BCUT2D eigenvalue weighted by atomic mass is 16.1. The SMILES string of the molecule is C#CCC(=O)C1CCCC1(C)C. The van der Waals surface area contributed by atoms with Crippen molar-refractivity contribution in [1.82, 2.24) is 0 Å². The van der Waals surface area contributed by atoms with Crippen molar-refractivity contribution in [2.75, 3.05) is 0 Å². The highest BCUT2D eigenvalue weighted by Crippen LogP contribution is 2.43. The lowest BCUT2D eigenvalue weighted by molar-refractivity contribution is -0.124. The van der Waals surface area contributed by atoms with Crippen LogP contribution in [0.25, 0.3) is 0 Å². The molecular formula is C11H16O. The molecule has 1 rings (SSSR count). The summed E-state index contributed by atoms with van der Waals surface area (Å²) in [5.74, 6) is 2.91. The number of rotatable bonds is 2. The summed E-state index contributed by atoms with van der Waals surface area (Å²) in [5.41, 5.74) is 0.188. The normalized spacial score (nSPS) is 26.6. The van der Waals surface area contributed by atoms with Crippen LogP contribution in [0, 0.1) is 23.7 Å². The van der Waals surface area contributed by atoms with Crippen LogP contribution in [-0.4, -0.2) is 5.78 Å². The summed E-state index contributed by atoms with van der Waals surface area (Å²) in [7, 11) is 0. The first-order valence-electron chi connectivity index (χ1n) is 4.54. The van der Waals surface area contributed by atoms with Crippen molar-refractivity contribution in [3.63, 3.8) is 0 Å². The molecule has 0 N–H and O–H groups in total. The van der Waals surface area contributed by atoms with Crippen LogP contribution in [0.4, 0.5) is 0 Å². The molecule has 0 aromatic carbocycles. The summed E-state index contributed by atoms with van der Waals surface area (Å²) in [5, 5.41) is 0. The van der Waals surface area contributed by atoms with E-state index < -0.39 is 0 Å². The molecular weight excluding hydrogens is 148 g/mol. The van der Waals surface area contributed by atoms with E-state index in [2.05, 4.69) is 19.8 Å². The highest BCUT2D eigenvalue weighted by Gasteiger charge is 2.38. The third-order valence-corrected chi connectivity index (χ3v) is 2.92. The molecule has 12 heavy (non-hydrogen) atoms. The molecule has 0 heterocycles. The van der Waals surface area contributed by atoms with Crippen molar-refractivity contribution in [2.24, 2.45) is 11.3 Å². The van der Waals surface area contributed by atoms with Gasteiger partial charge in [-0.2, -0.15) is 0 Å². The van der Waals surface area contributed by atoms with Gasteiger partial charge in [0.25, 0.3) is 0 Å². The second kappa shape index (κ2) is 3.31. The molecule has 0 saturated heterocycles. The zero-order chi connectivity index (χ0) is 9.19. The molecule has 1 atom stereocenters. The molecule has 0 spiro atoms. The van der Waals surface area contributed by atoms with E-state index >= 15 is 0 Å². The van der Waals surface area contributed by atoms with Gasteiger partial charge in [0.1, 0.15) is 5.78 Å². The minimum Gasteiger partial charge on any atom is -0.298 e. The maximum Gasteiger partial charge on any atom is 0.148 e. The van der Waals surface area contributed by atoms with Gasteiger partial charge in [0.15, 0.2) is 0 Å². The van der Waals surface area contributed by atoms with Gasteiger partial charge in [-0.25, -0.2) is 0 Å². The maximum absolute atomic E-state index is 11.5. The van der Waals surface area contributed by atoms with Crippen molar-refractivity contribution in [1.29, 1.82) is 0 Å². The molecule has 1 nitrogen and oxygen atoms in total. The van der Waals surface area contributed by atoms with E-state index in [-0.39, 0.29) is 17.1 Å². The smallest absolute Gasteiger partial charge is 0.148 e. The molecule has 0 aromatic rings. The van der Waals surface area contributed by atoms with Gasteiger partial charge in [-0.3, -0.25) is 4.79 Å². The summed E-state index contributed by atoms with van der Waals surface area (Å²) >= 11 is 0. The first kappa shape index (κ1) is 9.32. The largest absolute Gasteiger partial charge is 0.298 e. The molecule has 1 aliphatic carbocycles. The number of ketones is 1. The standard InChI is InChI=1S/C11H16O/c1-4-6-10(12)9-7-5-8-11(9,2)3/h1,9H,5-8H2,2-3H3. The average Bonchev–Trinajstić information content (AvgIpc) is 2.30. The number of carbonyl (C=O) groups is 1. The van der Waals surface area contributed by atoms with Crippen LogP contribution in [0.5, 0.6) is 0 Å². The fourth-order valence-electron chi connectivity index (χ4n) is 2.15. The van der Waals surface area contributed by atoms with E-state index in [1.54, 1.807) is 0 Å². The average molecular weight is 164 g/mol. The number of terminal acetylenes is 1. The van der Waals surface area contributed by atoms with Crippen molar-refractivity contribution in [2.45, 2.75) is 39.5 Å². The maximum atomic E-state index is 11.5. The van der Waals surface area contributed by atoms with Crippen LogP contribution in [-0.2, 0) is 4.79 Å². The zero-order valence-electron chi connectivity index (χ0n) is 7.89. The van der Waals surface area contributed by atoms with Crippen LogP contribution in [0.1, 0.15) is 39.5 Å². The van der Waals surface area contributed by atoms with Crippen LogP contribution in [0.3, 0.4) is 0 Å². The molecule has 1 aliphatic rings. The molecule has 1 unspecified atom stereocenters. The van der Waals surface area contributed by atoms with Crippen molar-refractivity contribution in [3.05, 3.63) is 0 Å². The lowest BCUT2D eigenvalue weighted by Gasteiger charge is -2.24. The van der Waals surface area contributed by atoms with E-state index in [1.807, 2.05) is 0 Å². The zero-order valence-corrected chi connectivity index (χ0v) is 7.89. The Morgan fingerprint density at radius 3 is 2.75 bits per heavy atom. The number of hydrogen-bond donors (Lipinski definition) is 0. The number of Topliss-reactive ketones (excluding diaryl/α,β-unsaturated/α-hetero) is 1. The van der Waals surface area contributed by atoms with Gasteiger partial charge in [0.2, 0.25) is 0 Å². The molecule has 1 fully saturated rings. The van der Waals surface area contributed by atoms with Gasteiger partial charge in [-0.15, -0.1) is 6.42 Å². The summed E-state index contributed by atoms with van der Waals surface area (Å²) in [6, 6.07) is 0. The Hall–Kier alpha value is -0.770. The summed E-state index contributed by atoms with van der Waals surface area (Å²) < 4.78 is 0. The lowest BCUT2D eigenvalue weighted by Crippen LogP contribution is -2.25. The molecule has 66 valence electrons.